The second-order valence-electron chi connectivity index (χ2n) is 5.06. The zero-order valence-electron chi connectivity index (χ0n) is 8.06. The number of rotatable bonds is 2. The third kappa shape index (κ3) is 1.02. The van der Waals surface area contributed by atoms with Crippen LogP contribution in [0.15, 0.2) is 0 Å². The SMILES string of the molecule is CCC[C@@]1(C)CC2CC2[C@@H]1C. The highest BCUT2D eigenvalue weighted by molar-refractivity contribution is 5.05. The van der Waals surface area contributed by atoms with Crippen LogP contribution in [0.4, 0.5) is 0 Å². The van der Waals surface area contributed by atoms with Gasteiger partial charge in [0.1, 0.15) is 0 Å². The van der Waals surface area contributed by atoms with Gasteiger partial charge in [-0.05, 0) is 42.4 Å². The largest absolute Gasteiger partial charge is 0.0654 e. The summed E-state index contributed by atoms with van der Waals surface area (Å²) in [5, 5.41) is 0. The second-order valence-corrected chi connectivity index (χ2v) is 5.06. The van der Waals surface area contributed by atoms with Crippen molar-refractivity contribution in [2.75, 3.05) is 0 Å². The van der Waals surface area contributed by atoms with Crippen LogP contribution in [0.1, 0.15) is 46.5 Å². The van der Waals surface area contributed by atoms with E-state index in [1.807, 2.05) is 0 Å². The van der Waals surface area contributed by atoms with Crippen molar-refractivity contribution >= 4 is 0 Å². The molecule has 2 aliphatic carbocycles. The Hall–Kier alpha value is 0. The zero-order chi connectivity index (χ0) is 8.06. The lowest BCUT2D eigenvalue weighted by Crippen LogP contribution is -2.22. The van der Waals surface area contributed by atoms with Crippen LogP contribution in [0, 0.1) is 23.2 Å². The van der Waals surface area contributed by atoms with Gasteiger partial charge >= 0.3 is 0 Å². The standard InChI is InChI=1S/C11H20/c1-4-5-11(3)7-9-6-10(9)8(11)2/h8-10H,4-7H2,1-3H3/t8-,9?,10?,11-/m0/s1. The second kappa shape index (κ2) is 2.24. The Morgan fingerprint density at radius 1 is 1.45 bits per heavy atom. The van der Waals surface area contributed by atoms with Crippen LogP contribution in [0.3, 0.4) is 0 Å². The first kappa shape index (κ1) is 7.64. The average Bonchev–Trinajstić information content (AvgIpc) is 2.61. The molecule has 2 fully saturated rings. The topological polar surface area (TPSA) is 0 Å². The molecule has 64 valence electrons. The summed E-state index contributed by atoms with van der Waals surface area (Å²) in [6, 6.07) is 0. The van der Waals surface area contributed by atoms with E-state index in [4.69, 9.17) is 0 Å². The summed E-state index contributed by atoms with van der Waals surface area (Å²) in [5.41, 5.74) is 0.725. The van der Waals surface area contributed by atoms with Crippen molar-refractivity contribution in [3.8, 4) is 0 Å². The van der Waals surface area contributed by atoms with Crippen LogP contribution < -0.4 is 0 Å². The van der Waals surface area contributed by atoms with Gasteiger partial charge in [-0.15, -0.1) is 0 Å². The smallest absolute Gasteiger partial charge is 0.0295 e. The van der Waals surface area contributed by atoms with Crippen LogP contribution in [0.5, 0.6) is 0 Å². The molecule has 0 radical (unpaired) electrons. The van der Waals surface area contributed by atoms with Crippen LogP contribution in [-0.2, 0) is 0 Å². The summed E-state index contributed by atoms with van der Waals surface area (Å²) < 4.78 is 0. The predicted molar refractivity (Wildman–Crippen MR) is 48.4 cm³/mol. The zero-order valence-corrected chi connectivity index (χ0v) is 8.06. The summed E-state index contributed by atoms with van der Waals surface area (Å²) in [6.45, 7) is 7.31. The Bertz CT molecular complexity index is 161. The fourth-order valence-corrected chi connectivity index (χ4v) is 3.32. The highest BCUT2D eigenvalue weighted by atomic mass is 14.6. The molecule has 0 aliphatic heterocycles. The van der Waals surface area contributed by atoms with Gasteiger partial charge in [0.15, 0.2) is 0 Å². The third-order valence-electron chi connectivity index (χ3n) is 4.27. The number of fused-ring (bicyclic) bond motifs is 1. The van der Waals surface area contributed by atoms with Crippen molar-refractivity contribution in [2.45, 2.75) is 46.5 Å². The summed E-state index contributed by atoms with van der Waals surface area (Å²) in [6.07, 6.45) is 5.93. The van der Waals surface area contributed by atoms with E-state index in [1.165, 1.54) is 19.3 Å². The summed E-state index contributed by atoms with van der Waals surface area (Å²) in [7, 11) is 0. The van der Waals surface area contributed by atoms with Gasteiger partial charge in [0.25, 0.3) is 0 Å². The fourth-order valence-electron chi connectivity index (χ4n) is 3.32. The normalized spacial score (nSPS) is 54.3. The molecular weight excluding hydrogens is 132 g/mol. The van der Waals surface area contributed by atoms with Crippen LogP contribution in [-0.4, -0.2) is 0 Å². The van der Waals surface area contributed by atoms with E-state index in [0.717, 1.165) is 23.2 Å². The molecule has 0 aromatic carbocycles. The summed E-state index contributed by atoms with van der Waals surface area (Å²) >= 11 is 0. The van der Waals surface area contributed by atoms with Crippen molar-refractivity contribution in [3.63, 3.8) is 0 Å². The first-order valence-electron chi connectivity index (χ1n) is 5.17. The minimum Gasteiger partial charge on any atom is -0.0654 e. The van der Waals surface area contributed by atoms with Crippen molar-refractivity contribution < 1.29 is 0 Å². The lowest BCUT2D eigenvalue weighted by molar-refractivity contribution is 0.189. The number of hydrogen-bond donors (Lipinski definition) is 0. The quantitative estimate of drug-likeness (QED) is 0.568. The van der Waals surface area contributed by atoms with Gasteiger partial charge in [-0.2, -0.15) is 0 Å². The summed E-state index contributed by atoms with van der Waals surface area (Å²) in [4.78, 5) is 0. The molecule has 2 rings (SSSR count). The molecule has 0 aromatic rings. The minimum atomic E-state index is 0.725. The van der Waals surface area contributed by atoms with Gasteiger partial charge in [-0.25, -0.2) is 0 Å². The Labute approximate surface area is 70.4 Å². The van der Waals surface area contributed by atoms with Gasteiger partial charge in [0.05, 0.1) is 0 Å². The molecule has 0 nitrogen and oxygen atoms in total. The lowest BCUT2D eigenvalue weighted by atomic mass is 9.74. The Morgan fingerprint density at radius 2 is 2.18 bits per heavy atom. The minimum absolute atomic E-state index is 0.725. The number of hydrogen-bond acceptors (Lipinski definition) is 0. The molecule has 0 heterocycles. The van der Waals surface area contributed by atoms with E-state index in [1.54, 1.807) is 6.42 Å². The van der Waals surface area contributed by atoms with E-state index < -0.39 is 0 Å². The monoisotopic (exact) mass is 152 g/mol. The van der Waals surface area contributed by atoms with Crippen molar-refractivity contribution in [3.05, 3.63) is 0 Å². The van der Waals surface area contributed by atoms with Crippen molar-refractivity contribution in [2.24, 2.45) is 23.2 Å². The van der Waals surface area contributed by atoms with E-state index in [0.29, 0.717) is 0 Å². The maximum atomic E-state index is 2.51. The van der Waals surface area contributed by atoms with Crippen molar-refractivity contribution in [1.82, 2.24) is 0 Å². The Morgan fingerprint density at radius 3 is 2.64 bits per heavy atom. The third-order valence-corrected chi connectivity index (χ3v) is 4.27. The Kier molecular flexibility index (Phi) is 1.56. The van der Waals surface area contributed by atoms with E-state index >= 15 is 0 Å². The van der Waals surface area contributed by atoms with Crippen LogP contribution in [0.25, 0.3) is 0 Å². The molecule has 0 aromatic heterocycles. The highest BCUT2D eigenvalue weighted by Gasteiger charge is 2.56. The molecule has 0 saturated heterocycles. The molecule has 2 saturated carbocycles. The molecule has 0 heteroatoms. The summed E-state index contributed by atoms with van der Waals surface area (Å²) in [5.74, 6) is 3.29. The van der Waals surface area contributed by atoms with Crippen LogP contribution >= 0.6 is 0 Å². The Balaban J connectivity index is 2.03. The van der Waals surface area contributed by atoms with Gasteiger partial charge in [-0.1, -0.05) is 27.2 Å². The molecule has 4 atom stereocenters. The maximum Gasteiger partial charge on any atom is -0.0295 e. The lowest BCUT2D eigenvalue weighted by Gasteiger charge is -2.31. The van der Waals surface area contributed by atoms with Gasteiger partial charge in [0.2, 0.25) is 0 Å². The molecule has 2 aliphatic rings. The van der Waals surface area contributed by atoms with E-state index in [-0.39, 0.29) is 0 Å². The van der Waals surface area contributed by atoms with Gasteiger partial charge < -0.3 is 0 Å². The molecule has 2 unspecified atom stereocenters. The van der Waals surface area contributed by atoms with E-state index in [2.05, 4.69) is 20.8 Å². The van der Waals surface area contributed by atoms with Crippen LogP contribution in [0.2, 0.25) is 0 Å². The fraction of sp³-hybridized carbons (Fsp3) is 1.00. The molecule has 11 heavy (non-hydrogen) atoms. The molecule has 0 N–H and O–H groups in total. The predicted octanol–water partition coefficient (Wildman–Crippen LogP) is 3.47. The maximum absolute atomic E-state index is 2.51. The highest BCUT2D eigenvalue weighted by Crippen LogP contribution is 2.64. The molecule has 0 amide bonds. The van der Waals surface area contributed by atoms with Gasteiger partial charge in [-0.3, -0.25) is 0 Å². The first-order valence-corrected chi connectivity index (χ1v) is 5.17. The van der Waals surface area contributed by atoms with E-state index in [9.17, 15) is 0 Å². The van der Waals surface area contributed by atoms with Crippen molar-refractivity contribution in [1.29, 1.82) is 0 Å². The van der Waals surface area contributed by atoms with Gasteiger partial charge in [0, 0.05) is 0 Å². The molecule has 0 spiro atoms. The molecule has 0 bridgehead atoms. The average molecular weight is 152 g/mol. The first-order chi connectivity index (χ1) is 5.17. The molecular formula is C11H20.